The second-order valence-electron chi connectivity index (χ2n) is 4.93. The van der Waals surface area contributed by atoms with Crippen molar-refractivity contribution in [2.24, 2.45) is 0 Å². The Morgan fingerprint density at radius 3 is 2.56 bits per heavy atom. The van der Waals surface area contributed by atoms with Crippen LogP contribution in [0.2, 0.25) is 0 Å². The number of carbonyl (C=O) groups is 1. The standard InChI is InChI=1S/C14H26N2O2/c1-3-4-5-6-7-8-11-18-14(17)12-16-10-9-15(2)13-16/h9-10H,3-8,11-13H2,1-2H3. The lowest BCUT2D eigenvalue weighted by Gasteiger charge is -2.16. The first kappa shape index (κ1) is 14.9. The van der Waals surface area contributed by atoms with Crippen LogP contribution in [0.15, 0.2) is 12.4 Å². The molecule has 0 N–H and O–H groups in total. The summed E-state index contributed by atoms with van der Waals surface area (Å²) >= 11 is 0. The molecule has 104 valence electrons. The van der Waals surface area contributed by atoms with Crippen molar-refractivity contribution >= 4 is 5.97 Å². The summed E-state index contributed by atoms with van der Waals surface area (Å²) < 4.78 is 5.21. The van der Waals surface area contributed by atoms with E-state index in [2.05, 4.69) is 6.92 Å². The highest BCUT2D eigenvalue weighted by Gasteiger charge is 2.12. The van der Waals surface area contributed by atoms with Gasteiger partial charge in [0.1, 0.15) is 6.54 Å². The van der Waals surface area contributed by atoms with E-state index in [9.17, 15) is 4.79 Å². The third kappa shape index (κ3) is 6.52. The number of unbranched alkanes of at least 4 members (excludes halogenated alkanes) is 5. The maximum absolute atomic E-state index is 11.5. The van der Waals surface area contributed by atoms with Gasteiger partial charge in [-0.05, 0) is 6.42 Å². The zero-order chi connectivity index (χ0) is 13.2. The Labute approximate surface area is 111 Å². The molecule has 0 unspecified atom stereocenters. The first-order valence-electron chi connectivity index (χ1n) is 7.00. The zero-order valence-electron chi connectivity index (χ0n) is 11.7. The first-order valence-corrected chi connectivity index (χ1v) is 7.00. The van der Waals surface area contributed by atoms with Crippen molar-refractivity contribution in [3.8, 4) is 0 Å². The summed E-state index contributed by atoms with van der Waals surface area (Å²) in [5.41, 5.74) is 0. The molecule has 0 amide bonds. The second-order valence-corrected chi connectivity index (χ2v) is 4.93. The predicted octanol–water partition coefficient (Wildman–Crippen LogP) is 2.57. The van der Waals surface area contributed by atoms with Gasteiger partial charge in [0.05, 0.1) is 13.3 Å². The Balaban J connectivity index is 1.92. The van der Waals surface area contributed by atoms with Gasteiger partial charge in [0.15, 0.2) is 0 Å². The third-order valence-electron chi connectivity index (χ3n) is 3.03. The number of carbonyl (C=O) groups excluding carboxylic acids is 1. The van der Waals surface area contributed by atoms with Gasteiger partial charge in [0.25, 0.3) is 0 Å². The molecule has 0 aliphatic carbocycles. The van der Waals surface area contributed by atoms with Gasteiger partial charge in [-0.1, -0.05) is 39.0 Å². The zero-order valence-corrected chi connectivity index (χ0v) is 11.7. The van der Waals surface area contributed by atoms with Crippen LogP contribution in [0.25, 0.3) is 0 Å². The van der Waals surface area contributed by atoms with E-state index < -0.39 is 0 Å². The SMILES string of the molecule is CCCCCCCCOC(=O)CN1C=CN(C)C1. The van der Waals surface area contributed by atoms with E-state index in [1.165, 1.54) is 32.1 Å². The third-order valence-corrected chi connectivity index (χ3v) is 3.03. The molecule has 0 atom stereocenters. The van der Waals surface area contributed by atoms with E-state index in [4.69, 9.17) is 4.74 Å². The van der Waals surface area contributed by atoms with Gasteiger partial charge >= 0.3 is 5.97 Å². The highest BCUT2D eigenvalue weighted by molar-refractivity contribution is 5.71. The minimum absolute atomic E-state index is 0.122. The summed E-state index contributed by atoms with van der Waals surface area (Å²) in [7, 11) is 1.98. The van der Waals surface area contributed by atoms with Crippen LogP contribution in [-0.4, -0.2) is 42.6 Å². The molecule has 0 radical (unpaired) electrons. The average molecular weight is 254 g/mol. The van der Waals surface area contributed by atoms with Gasteiger partial charge in [0, 0.05) is 19.4 Å². The van der Waals surface area contributed by atoms with Crippen LogP contribution in [0.3, 0.4) is 0 Å². The molecule has 0 fully saturated rings. The fourth-order valence-corrected chi connectivity index (χ4v) is 1.97. The number of rotatable bonds is 9. The van der Waals surface area contributed by atoms with Crippen molar-refractivity contribution in [2.75, 3.05) is 26.9 Å². The summed E-state index contributed by atoms with van der Waals surface area (Å²) in [5.74, 6) is -0.122. The summed E-state index contributed by atoms with van der Waals surface area (Å²) in [6, 6.07) is 0. The average Bonchev–Trinajstić information content (AvgIpc) is 2.73. The van der Waals surface area contributed by atoms with Crippen LogP contribution in [0.1, 0.15) is 45.4 Å². The molecule has 0 saturated heterocycles. The largest absolute Gasteiger partial charge is 0.464 e. The molecule has 1 aliphatic heterocycles. The maximum Gasteiger partial charge on any atom is 0.325 e. The molecule has 4 nitrogen and oxygen atoms in total. The normalized spacial score (nSPS) is 14.3. The van der Waals surface area contributed by atoms with Crippen LogP contribution in [0, 0.1) is 0 Å². The molecule has 0 spiro atoms. The highest BCUT2D eigenvalue weighted by atomic mass is 16.5. The number of hydrogen-bond donors (Lipinski definition) is 0. The number of ether oxygens (including phenoxy) is 1. The molecule has 1 rings (SSSR count). The monoisotopic (exact) mass is 254 g/mol. The van der Waals surface area contributed by atoms with Crippen LogP contribution in [0.4, 0.5) is 0 Å². The molecular formula is C14H26N2O2. The molecule has 0 saturated carbocycles. The van der Waals surface area contributed by atoms with Crippen LogP contribution in [-0.2, 0) is 9.53 Å². The Morgan fingerprint density at radius 2 is 1.89 bits per heavy atom. The topological polar surface area (TPSA) is 32.8 Å². The van der Waals surface area contributed by atoms with E-state index in [0.29, 0.717) is 13.2 Å². The Bertz CT molecular complexity index is 267. The van der Waals surface area contributed by atoms with Crippen molar-refractivity contribution in [1.29, 1.82) is 0 Å². The minimum atomic E-state index is -0.122. The molecular weight excluding hydrogens is 228 g/mol. The van der Waals surface area contributed by atoms with Gasteiger partial charge in [-0.25, -0.2) is 0 Å². The number of hydrogen-bond acceptors (Lipinski definition) is 4. The van der Waals surface area contributed by atoms with E-state index in [0.717, 1.165) is 13.1 Å². The van der Waals surface area contributed by atoms with Crippen molar-refractivity contribution in [1.82, 2.24) is 9.80 Å². The van der Waals surface area contributed by atoms with Crippen molar-refractivity contribution in [3.05, 3.63) is 12.4 Å². The minimum Gasteiger partial charge on any atom is -0.464 e. The molecule has 0 aromatic carbocycles. The fraction of sp³-hybridized carbons (Fsp3) is 0.786. The van der Waals surface area contributed by atoms with E-state index >= 15 is 0 Å². The van der Waals surface area contributed by atoms with Crippen LogP contribution in [0.5, 0.6) is 0 Å². The van der Waals surface area contributed by atoms with Crippen molar-refractivity contribution < 1.29 is 9.53 Å². The molecule has 4 heteroatoms. The Kier molecular flexibility index (Phi) is 7.30. The van der Waals surface area contributed by atoms with E-state index in [-0.39, 0.29) is 5.97 Å². The van der Waals surface area contributed by atoms with E-state index in [1.54, 1.807) is 0 Å². The first-order chi connectivity index (χ1) is 8.72. The molecule has 0 aromatic heterocycles. The van der Waals surface area contributed by atoms with Crippen LogP contribution < -0.4 is 0 Å². The van der Waals surface area contributed by atoms with E-state index in [1.807, 2.05) is 29.2 Å². The Hall–Kier alpha value is -1.19. The van der Waals surface area contributed by atoms with Crippen LogP contribution >= 0.6 is 0 Å². The molecule has 1 heterocycles. The Morgan fingerprint density at radius 1 is 1.17 bits per heavy atom. The molecule has 0 bridgehead atoms. The maximum atomic E-state index is 11.5. The van der Waals surface area contributed by atoms with Gasteiger partial charge in [-0.2, -0.15) is 0 Å². The van der Waals surface area contributed by atoms with Crippen molar-refractivity contribution in [2.45, 2.75) is 45.4 Å². The fourth-order valence-electron chi connectivity index (χ4n) is 1.97. The van der Waals surface area contributed by atoms with Gasteiger partial charge < -0.3 is 14.5 Å². The summed E-state index contributed by atoms with van der Waals surface area (Å²) in [4.78, 5) is 15.5. The molecule has 1 aliphatic rings. The van der Waals surface area contributed by atoms with Crippen molar-refractivity contribution in [3.63, 3.8) is 0 Å². The summed E-state index contributed by atoms with van der Waals surface area (Å²) in [5, 5.41) is 0. The summed E-state index contributed by atoms with van der Waals surface area (Å²) in [6.45, 7) is 3.91. The van der Waals surface area contributed by atoms with Gasteiger partial charge in [-0.15, -0.1) is 0 Å². The smallest absolute Gasteiger partial charge is 0.325 e. The number of esters is 1. The lowest BCUT2D eigenvalue weighted by atomic mass is 10.1. The second kappa shape index (κ2) is 8.84. The lowest BCUT2D eigenvalue weighted by molar-refractivity contribution is -0.144. The van der Waals surface area contributed by atoms with Gasteiger partial charge in [-0.3, -0.25) is 4.79 Å². The predicted molar refractivity (Wildman–Crippen MR) is 72.8 cm³/mol. The summed E-state index contributed by atoms with van der Waals surface area (Å²) in [6.07, 6.45) is 11.2. The molecule has 18 heavy (non-hydrogen) atoms. The number of nitrogens with zero attached hydrogens (tertiary/aromatic N) is 2. The quantitative estimate of drug-likeness (QED) is 0.467. The highest BCUT2D eigenvalue weighted by Crippen LogP contribution is 2.06. The lowest BCUT2D eigenvalue weighted by Crippen LogP contribution is -2.29. The van der Waals surface area contributed by atoms with Gasteiger partial charge in [0.2, 0.25) is 0 Å². The molecule has 0 aromatic rings.